The molecule has 2 aromatic heterocycles. The number of rotatable bonds is 1. The number of methoxy groups -OCH3 is 1. The number of anilines is 1. The number of piperidine rings is 1. The number of hydrogen-bond acceptors (Lipinski definition) is 9. The Kier molecular flexibility index (Phi) is 10.5. The predicted octanol–water partition coefficient (Wildman–Crippen LogP) is 8.07. The van der Waals surface area contributed by atoms with Crippen LogP contribution in [0.3, 0.4) is 0 Å². The summed E-state index contributed by atoms with van der Waals surface area (Å²) in [7, 11) is 5.40. The van der Waals surface area contributed by atoms with Gasteiger partial charge >= 0.3 is 5.97 Å². The Morgan fingerprint density at radius 3 is 2.84 bits per heavy atom. The molecule has 49 heavy (non-hydrogen) atoms. The fraction of sp³-hybridized carbons (Fsp3) is 0.432. The van der Waals surface area contributed by atoms with Crippen LogP contribution in [0.4, 0.5) is 5.69 Å². The van der Waals surface area contributed by atoms with E-state index in [-0.39, 0.29) is 5.97 Å². The fourth-order valence-electron chi connectivity index (χ4n) is 7.11. The van der Waals surface area contributed by atoms with Crippen molar-refractivity contribution in [2.45, 2.75) is 61.3 Å². The van der Waals surface area contributed by atoms with E-state index in [9.17, 15) is 4.79 Å². The van der Waals surface area contributed by atoms with Crippen LogP contribution < -0.4 is 10.1 Å². The maximum Gasteiger partial charge on any atom is 0.354 e. The number of ether oxygens (including phenoxy) is 2. The predicted molar refractivity (Wildman–Crippen MR) is 202 cm³/mol. The van der Waals surface area contributed by atoms with Crippen molar-refractivity contribution in [3.8, 4) is 5.75 Å². The molecule has 9 nitrogen and oxygen atoms in total. The van der Waals surface area contributed by atoms with Gasteiger partial charge in [-0.1, -0.05) is 17.7 Å². The van der Waals surface area contributed by atoms with E-state index in [1.165, 1.54) is 23.3 Å². The number of nitrogens with zero attached hydrogens (tertiary/aromatic N) is 5. The second kappa shape index (κ2) is 15.1. The maximum absolute atomic E-state index is 13.3. The molecule has 8 bridgehead atoms. The van der Waals surface area contributed by atoms with Crippen LogP contribution in [0.25, 0.3) is 17.0 Å². The van der Waals surface area contributed by atoms with Gasteiger partial charge in [0.05, 0.1) is 30.6 Å². The number of hydrogen-bond donors (Lipinski definition) is 1. The van der Waals surface area contributed by atoms with Crippen molar-refractivity contribution >= 4 is 70.0 Å². The van der Waals surface area contributed by atoms with Crippen LogP contribution in [-0.4, -0.2) is 64.1 Å². The number of esters is 1. The fourth-order valence-corrected chi connectivity index (χ4v) is 8.96. The summed E-state index contributed by atoms with van der Waals surface area (Å²) in [5.41, 5.74) is 9.13. The summed E-state index contributed by atoms with van der Waals surface area (Å²) in [6.07, 6.45) is 10.8. The van der Waals surface area contributed by atoms with Crippen molar-refractivity contribution in [1.82, 2.24) is 19.4 Å². The number of halogens is 1. The lowest BCUT2D eigenvalue weighted by Gasteiger charge is -2.27. The molecule has 2 aromatic carbocycles. The SMILES string of the molecule is COC(=O)c1c2c3ccc(Cl)c(c3n1C)/C=C1\CCCCN1/N=C/CSCc1cc(n(C)n1)CSc1cc3c(c(c1)OCCC2)NCCC3. The summed E-state index contributed by atoms with van der Waals surface area (Å²) in [6, 6.07) is 10.7. The minimum atomic E-state index is -0.355. The van der Waals surface area contributed by atoms with E-state index in [2.05, 4.69) is 34.6 Å². The number of benzene rings is 2. The summed E-state index contributed by atoms with van der Waals surface area (Å²) >= 11 is 10.6. The summed E-state index contributed by atoms with van der Waals surface area (Å²) < 4.78 is 15.8. The van der Waals surface area contributed by atoms with Gasteiger partial charge in [0.1, 0.15) is 11.4 Å². The van der Waals surface area contributed by atoms with E-state index in [4.69, 9.17) is 31.3 Å². The molecule has 1 N–H and O–H groups in total. The Hall–Kier alpha value is -3.54. The normalized spacial score (nSPS) is 19.1. The Balaban J connectivity index is 1.27. The molecule has 0 atom stereocenters. The van der Waals surface area contributed by atoms with Gasteiger partial charge in [-0.3, -0.25) is 9.69 Å². The first-order valence-corrected chi connectivity index (χ1v) is 19.6. The van der Waals surface area contributed by atoms with Crippen LogP contribution in [0.2, 0.25) is 5.02 Å². The number of carbonyl (C=O) groups is 1. The number of fused-ring (bicyclic) bond motifs is 7. The standard InChI is InChI=1S/C37H43ClN6O3S2/c1-42-35-30-11-12-32(38)31(35)20-26-9-4-5-15-44(26)40-14-17-48-22-25-19-27(43(2)41-25)23-49-28-18-24-8-6-13-39-34(24)33(21-28)47-16-7-10-29(30)36(42)37(45)46-3/h11-12,14,18-21,39H,4-10,13,15-17,22-23H2,1-3H3/b26-20+,40-14+. The van der Waals surface area contributed by atoms with Gasteiger partial charge in [0.25, 0.3) is 0 Å². The number of aryl methyl sites for hydroxylation is 4. The van der Waals surface area contributed by atoms with Gasteiger partial charge in [-0.2, -0.15) is 10.2 Å². The highest BCUT2D eigenvalue weighted by molar-refractivity contribution is 7.99. The zero-order valence-corrected chi connectivity index (χ0v) is 30.8. The highest BCUT2D eigenvalue weighted by atomic mass is 35.5. The Bertz CT molecular complexity index is 1930. The molecule has 258 valence electrons. The maximum atomic E-state index is 13.3. The lowest BCUT2D eigenvalue weighted by atomic mass is 10.0. The first-order valence-electron chi connectivity index (χ1n) is 17.1. The third-order valence-electron chi connectivity index (χ3n) is 9.51. The quantitative estimate of drug-likeness (QED) is 0.198. The minimum absolute atomic E-state index is 0.355. The number of aromatic nitrogens is 3. The summed E-state index contributed by atoms with van der Waals surface area (Å²) in [6.45, 7) is 2.31. The Morgan fingerprint density at radius 1 is 1.06 bits per heavy atom. The molecule has 12 heteroatoms. The Labute approximate surface area is 301 Å². The second-order valence-electron chi connectivity index (χ2n) is 12.7. The van der Waals surface area contributed by atoms with Crippen molar-refractivity contribution in [3.63, 3.8) is 0 Å². The van der Waals surface area contributed by atoms with E-state index in [0.717, 1.165) is 114 Å². The van der Waals surface area contributed by atoms with Crippen LogP contribution >= 0.6 is 35.1 Å². The molecule has 4 aromatic rings. The van der Waals surface area contributed by atoms with Crippen LogP contribution in [0.1, 0.15) is 70.7 Å². The minimum Gasteiger partial charge on any atom is -0.491 e. The number of thioether (sulfide) groups is 2. The first kappa shape index (κ1) is 33.9. The van der Waals surface area contributed by atoms with Crippen molar-refractivity contribution in [1.29, 1.82) is 0 Å². The van der Waals surface area contributed by atoms with Crippen LogP contribution in [-0.2, 0) is 43.2 Å². The molecule has 0 saturated carbocycles. The smallest absolute Gasteiger partial charge is 0.354 e. The monoisotopic (exact) mass is 718 g/mol. The molecule has 3 aliphatic rings. The molecule has 0 amide bonds. The molecule has 0 radical (unpaired) electrons. The zero-order valence-electron chi connectivity index (χ0n) is 28.4. The average Bonchev–Trinajstić information content (AvgIpc) is 3.61. The molecule has 0 unspecified atom stereocenters. The molecule has 1 fully saturated rings. The van der Waals surface area contributed by atoms with Gasteiger partial charge in [-0.25, -0.2) is 4.79 Å². The topological polar surface area (TPSA) is 85.9 Å². The third kappa shape index (κ3) is 7.21. The molecule has 0 spiro atoms. The Morgan fingerprint density at radius 2 is 1.96 bits per heavy atom. The van der Waals surface area contributed by atoms with Gasteiger partial charge in [0, 0.05) is 82.9 Å². The third-order valence-corrected chi connectivity index (χ3v) is 11.7. The van der Waals surface area contributed by atoms with Crippen molar-refractivity contribution in [3.05, 3.63) is 74.8 Å². The van der Waals surface area contributed by atoms with E-state index in [0.29, 0.717) is 23.7 Å². The molecule has 1 saturated heterocycles. The molecular formula is C37H43ClN6O3S2. The lowest BCUT2D eigenvalue weighted by molar-refractivity contribution is 0.0589. The average molecular weight is 719 g/mol. The van der Waals surface area contributed by atoms with Crippen molar-refractivity contribution in [2.75, 3.05) is 37.9 Å². The van der Waals surface area contributed by atoms with E-state index in [1.54, 1.807) is 0 Å². The van der Waals surface area contributed by atoms with E-state index in [1.807, 2.05) is 65.2 Å². The highest BCUT2D eigenvalue weighted by Crippen LogP contribution is 2.39. The number of allylic oxidation sites excluding steroid dienone is 1. The molecule has 0 aliphatic carbocycles. The van der Waals surface area contributed by atoms with E-state index >= 15 is 0 Å². The van der Waals surface area contributed by atoms with Crippen molar-refractivity contribution < 1.29 is 14.3 Å². The number of hydrazone groups is 1. The first-order chi connectivity index (χ1) is 23.9. The van der Waals surface area contributed by atoms with Crippen LogP contribution in [0, 0.1) is 0 Å². The van der Waals surface area contributed by atoms with Gasteiger partial charge in [0.15, 0.2) is 0 Å². The van der Waals surface area contributed by atoms with Gasteiger partial charge in [0.2, 0.25) is 0 Å². The summed E-state index contributed by atoms with van der Waals surface area (Å²) in [5.74, 6) is 2.98. The largest absolute Gasteiger partial charge is 0.491 e. The number of nitrogens with one attached hydrogen (secondary N) is 1. The van der Waals surface area contributed by atoms with Crippen LogP contribution in [0.5, 0.6) is 5.75 Å². The van der Waals surface area contributed by atoms with Gasteiger partial charge < -0.3 is 19.4 Å². The summed E-state index contributed by atoms with van der Waals surface area (Å²) in [5, 5.41) is 17.0. The molecule has 7 rings (SSSR count). The number of carbonyl (C=O) groups excluding carboxylic acids is 1. The van der Waals surface area contributed by atoms with Crippen LogP contribution in [0.15, 0.2) is 46.0 Å². The highest BCUT2D eigenvalue weighted by Gasteiger charge is 2.25. The molecule has 5 heterocycles. The summed E-state index contributed by atoms with van der Waals surface area (Å²) in [4.78, 5) is 14.5. The molecule has 3 aliphatic heterocycles. The van der Waals surface area contributed by atoms with Crippen molar-refractivity contribution in [2.24, 2.45) is 19.2 Å². The van der Waals surface area contributed by atoms with E-state index < -0.39 is 0 Å². The van der Waals surface area contributed by atoms with Gasteiger partial charge in [-0.05, 0) is 86.4 Å². The second-order valence-corrected chi connectivity index (χ2v) is 15.2. The lowest BCUT2D eigenvalue weighted by Crippen LogP contribution is -2.23. The van der Waals surface area contributed by atoms with Gasteiger partial charge in [-0.15, -0.1) is 23.5 Å². The molecular weight excluding hydrogens is 676 g/mol. The zero-order chi connectivity index (χ0) is 33.9.